The maximum absolute atomic E-state index is 12.0. The zero-order chi connectivity index (χ0) is 14.7. The zero-order valence-corrected chi connectivity index (χ0v) is 10.6. The average Bonchev–Trinajstić information content (AvgIpc) is 2.30. The fraction of sp³-hybridized carbons (Fsp3) is 0.300. The maximum atomic E-state index is 12.0. The summed E-state index contributed by atoms with van der Waals surface area (Å²) in [6, 6.07) is 4.83. The van der Waals surface area contributed by atoms with Crippen molar-refractivity contribution in [3.63, 3.8) is 0 Å². The number of benzene rings is 1. The van der Waals surface area contributed by atoms with Gasteiger partial charge in [0.15, 0.2) is 0 Å². The summed E-state index contributed by atoms with van der Waals surface area (Å²) >= 11 is 0. The van der Waals surface area contributed by atoms with E-state index in [2.05, 4.69) is 4.72 Å². The molecular formula is C10H11F3N2O3S. The molecule has 1 rings (SSSR count). The Kier molecular flexibility index (Phi) is 4.40. The van der Waals surface area contributed by atoms with E-state index in [1.54, 1.807) is 5.32 Å². The lowest BCUT2D eigenvalue weighted by molar-refractivity contribution is -0.167. The minimum atomic E-state index is -4.97. The third-order valence-corrected chi connectivity index (χ3v) is 3.36. The highest BCUT2D eigenvalue weighted by Gasteiger charge is 2.38. The first-order valence-electron chi connectivity index (χ1n) is 5.13. The predicted octanol–water partition coefficient (Wildman–Crippen LogP) is 1.95. The van der Waals surface area contributed by atoms with Crippen molar-refractivity contribution in [2.45, 2.75) is 13.1 Å². The van der Waals surface area contributed by atoms with E-state index >= 15 is 0 Å². The minimum absolute atomic E-state index is 0.0817. The molecule has 0 saturated heterocycles. The lowest BCUT2D eigenvalue weighted by atomic mass is 10.3. The number of halogens is 3. The molecule has 0 atom stereocenters. The molecule has 0 heterocycles. The molecule has 0 saturated carbocycles. The van der Waals surface area contributed by atoms with E-state index in [-0.39, 0.29) is 17.1 Å². The van der Waals surface area contributed by atoms with Crippen molar-refractivity contribution in [1.82, 2.24) is 0 Å². The van der Waals surface area contributed by atoms with Gasteiger partial charge in [0.25, 0.3) is 0 Å². The van der Waals surface area contributed by atoms with Gasteiger partial charge in [0.05, 0.1) is 5.75 Å². The maximum Gasteiger partial charge on any atom is 0.471 e. The minimum Gasteiger partial charge on any atom is -0.318 e. The quantitative estimate of drug-likeness (QED) is 0.891. The topological polar surface area (TPSA) is 75.3 Å². The van der Waals surface area contributed by atoms with Crippen molar-refractivity contribution < 1.29 is 26.4 Å². The van der Waals surface area contributed by atoms with Crippen LogP contribution in [0.1, 0.15) is 6.92 Å². The third-order valence-electron chi connectivity index (χ3n) is 2.05. The number of hydrogen-bond donors (Lipinski definition) is 2. The summed E-state index contributed by atoms with van der Waals surface area (Å²) in [6.45, 7) is 1.44. The smallest absolute Gasteiger partial charge is 0.318 e. The second-order valence-corrected chi connectivity index (χ2v) is 5.55. The van der Waals surface area contributed by atoms with Crippen LogP contribution < -0.4 is 10.0 Å². The number of hydrogen-bond acceptors (Lipinski definition) is 3. The first-order chi connectivity index (χ1) is 8.64. The van der Waals surface area contributed by atoms with E-state index in [4.69, 9.17) is 0 Å². The van der Waals surface area contributed by atoms with Gasteiger partial charge in [-0.1, -0.05) is 0 Å². The Hall–Kier alpha value is -1.77. The monoisotopic (exact) mass is 296 g/mol. The molecule has 0 bridgehead atoms. The molecule has 0 aliphatic heterocycles. The number of amides is 1. The van der Waals surface area contributed by atoms with Crippen LogP contribution >= 0.6 is 0 Å². The molecule has 0 aliphatic carbocycles. The molecule has 0 aromatic heterocycles. The molecule has 0 aliphatic rings. The van der Waals surface area contributed by atoms with Crippen molar-refractivity contribution in [1.29, 1.82) is 0 Å². The molecule has 5 nitrogen and oxygen atoms in total. The van der Waals surface area contributed by atoms with Crippen molar-refractivity contribution in [3.05, 3.63) is 24.3 Å². The summed E-state index contributed by atoms with van der Waals surface area (Å²) in [4.78, 5) is 10.6. The van der Waals surface area contributed by atoms with Gasteiger partial charge in [0.1, 0.15) is 0 Å². The fourth-order valence-electron chi connectivity index (χ4n) is 1.08. The van der Waals surface area contributed by atoms with Crippen LogP contribution in [-0.4, -0.2) is 26.3 Å². The first kappa shape index (κ1) is 15.3. The van der Waals surface area contributed by atoms with Crippen molar-refractivity contribution in [2.75, 3.05) is 15.8 Å². The number of anilines is 2. The molecule has 0 radical (unpaired) electrons. The van der Waals surface area contributed by atoms with Crippen molar-refractivity contribution in [3.8, 4) is 0 Å². The molecule has 0 unspecified atom stereocenters. The normalized spacial score (nSPS) is 12.0. The molecule has 106 valence electrons. The van der Waals surface area contributed by atoms with Gasteiger partial charge in [-0.15, -0.1) is 0 Å². The summed E-state index contributed by atoms with van der Waals surface area (Å²) < 4.78 is 60.6. The van der Waals surface area contributed by atoms with Gasteiger partial charge in [0.2, 0.25) is 10.0 Å². The second kappa shape index (κ2) is 5.47. The Balaban J connectivity index is 2.75. The Morgan fingerprint density at radius 2 is 1.63 bits per heavy atom. The van der Waals surface area contributed by atoms with Crippen LogP contribution in [0.4, 0.5) is 24.5 Å². The zero-order valence-electron chi connectivity index (χ0n) is 9.78. The molecule has 0 fully saturated rings. The predicted molar refractivity (Wildman–Crippen MR) is 64.2 cm³/mol. The highest BCUT2D eigenvalue weighted by Crippen LogP contribution is 2.19. The van der Waals surface area contributed by atoms with Gasteiger partial charge in [-0.3, -0.25) is 9.52 Å². The number of nitrogens with one attached hydrogen (secondary N) is 2. The SMILES string of the molecule is CCS(=O)(=O)Nc1ccc(NC(=O)C(F)(F)F)cc1. The molecule has 1 aromatic rings. The van der Waals surface area contributed by atoms with Crippen LogP contribution in [0, 0.1) is 0 Å². The highest BCUT2D eigenvalue weighted by atomic mass is 32.2. The molecule has 9 heteroatoms. The fourth-order valence-corrected chi connectivity index (χ4v) is 1.71. The van der Waals surface area contributed by atoms with Gasteiger partial charge in [-0.2, -0.15) is 13.2 Å². The van der Waals surface area contributed by atoms with Crippen LogP contribution in [0.3, 0.4) is 0 Å². The van der Waals surface area contributed by atoms with Crippen LogP contribution in [0.5, 0.6) is 0 Å². The third kappa shape index (κ3) is 4.78. The van der Waals surface area contributed by atoms with E-state index in [1.165, 1.54) is 19.1 Å². The molecule has 0 spiro atoms. The number of alkyl halides is 3. The Labute approximate surface area is 107 Å². The molecule has 1 amide bonds. The lowest BCUT2D eigenvalue weighted by Crippen LogP contribution is -2.29. The van der Waals surface area contributed by atoms with Crippen LogP contribution in [0.2, 0.25) is 0 Å². The molecule has 1 aromatic carbocycles. The Morgan fingerprint density at radius 3 is 2.05 bits per heavy atom. The van der Waals surface area contributed by atoms with E-state index in [0.29, 0.717) is 0 Å². The number of carbonyl (C=O) groups excluding carboxylic acids is 1. The summed E-state index contributed by atoms with van der Waals surface area (Å²) in [5.74, 6) is -2.21. The first-order valence-corrected chi connectivity index (χ1v) is 6.78. The number of sulfonamides is 1. The van der Waals surface area contributed by atoms with Gasteiger partial charge in [0, 0.05) is 11.4 Å². The standard InChI is InChI=1S/C10H11F3N2O3S/c1-2-19(17,18)15-8-5-3-7(4-6-8)14-9(16)10(11,12)13/h3-6,15H,2H2,1H3,(H,14,16). The van der Waals surface area contributed by atoms with Crippen LogP contribution in [0.15, 0.2) is 24.3 Å². The second-order valence-electron chi connectivity index (χ2n) is 3.53. The van der Waals surface area contributed by atoms with Gasteiger partial charge >= 0.3 is 12.1 Å². The van der Waals surface area contributed by atoms with E-state index in [1.807, 2.05) is 0 Å². The Morgan fingerprint density at radius 1 is 1.16 bits per heavy atom. The lowest BCUT2D eigenvalue weighted by Gasteiger charge is -2.09. The molecule has 2 N–H and O–H groups in total. The Bertz CT molecular complexity index is 552. The summed E-state index contributed by atoms with van der Waals surface area (Å²) in [5.41, 5.74) is 0.119. The van der Waals surface area contributed by atoms with Gasteiger partial charge < -0.3 is 5.32 Å². The van der Waals surface area contributed by atoms with E-state index in [9.17, 15) is 26.4 Å². The number of rotatable bonds is 4. The average molecular weight is 296 g/mol. The largest absolute Gasteiger partial charge is 0.471 e. The van der Waals surface area contributed by atoms with Crippen LogP contribution in [-0.2, 0) is 14.8 Å². The van der Waals surface area contributed by atoms with Gasteiger partial charge in [-0.05, 0) is 31.2 Å². The summed E-state index contributed by atoms with van der Waals surface area (Å²) in [5, 5.41) is 1.64. The van der Waals surface area contributed by atoms with E-state index in [0.717, 1.165) is 12.1 Å². The number of carbonyl (C=O) groups is 1. The summed E-state index contributed by atoms with van der Waals surface area (Å²) in [7, 11) is -3.45. The van der Waals surface area contributed by atoms with Crippen LogP contribution in [0.25, 0.3) is 0 Å². The van der Waals surface area contributed by atoms with E-state index < -0.39 is 22.1 Å². The van der Waals surface area contributed by atoms with Gasteiger partial charge in [-0.25, -0.2) is 8.42 Å². The summed E-state index contributed by atoms with van der Waals surface area (Å²) in [6.07, 6.45) is -4.97. The van der Waals surface area contributed by atoms with Crippen molar-refractivity contribution >= 4 is 27.3 Å². The molecular weight excluding hydrogens is 285 g/mol. The van der Waals surface area contributed by atoms with Crippen molar-refractivity contribution in [2.24, 2.45) is 0 Å². The molecule has 19 heavy (non-hydrogen) atoms. The highest BCUT2D eigenvalue weighted by molar-refractivity contribution is 7.92.